The first-order chi connectivity index (χ1) is 8.47. The number of halogens is 2. The third kappa shape index (κ3) is 2.85. The molecule has 0 aromatic carbocycles. The van der Waals surface area contributed by atoms with Crippen LogP contribution < -0.4 is 0 Å². The van der Waals surface area contributed by atoms with Crippen LogP contribution >= 0.6 is 0 Å². The molecule has 0 amide bonds. The third-order valence-corrected chi connectivity index (χ3v) is 2.49. The van der Waals surface area contributed by atoms with E-state index in [1.807, 2.05) is 0 Å². The summed E-state index contributed by atoms with van der Waals surface area (Å²) < 4.78 is 35.9. The van der Waals surface area contributed by atoms with E-state index in [1.165, 1.54) is 12.2 Å². The molecule has 18 heavy (non-hydrogen) atoms. The molecule has 98 valence electrons. The van der Waals surface area contributed by atoms with Crippen molar-refractivity contribution in [2.24, 2.45) is 0 Å². The number of alkyl halides is 2. The largest absolute Gasteiger partial charge is 0.508 e. The van der Waals surface area contributed by atoms with Crippen molar-refractivity contribution in [3.05, 3.63) is 49.6 Å². The van der Waals surface area contributed by atoms with Crippen LogP contribution in [-0.2, 0) is 9.47 Å². The normalized spacial score (nSPS) is 32.9. The number of hydrogen-bond donors (Lipinski definition) is 0. The highest BCUT2D eigenvalue weighted by atomic mass is 19.2. The zero-order chi connectivity index (χ0) is 13.6. The highest BCUT2D eigenvalue weighted by molar-refractivity contribution is 5.61. The molecule has 3 nitrogen and oxygen atoms in total. The summed E-state index contributed by atoms with van der Waals surface area (Å²) in [6.45, 7) is 7.33. The van der Waals surface area contributed by atoms with Gasteiger partial charge in [0.25, 0.3) is 0 Å². The fourth-order valence-electron chi connectivity index (χ4n) is 1.39. The van der Waals surface area contributed by atoms with Gasteiger partial charge in [0.15, 0.2) is 11.3 Å². The molecule has 2 atom stereocenters. The van der Waals surface area contributed by atoms with E-state index in [4.69, 9.17) is 0 Å². The Bertz CT molecular complexity index is 367. The number of hydrogen-bond acceptors (Lipinski definition) is 3. The summed E-state index contributed by atoms with van der Waals surface area (Å²) >= 11 is 0. The van der Waals surface area contributed by atoms with Gasteiger partial charge in [-0.15, -0.1) is 0 Å². The van der Waals surface area contributed by atoms with Crippen LogP contribution in [0.3, 0.4) is 0 Å². The number of rotatable bonds is 2. The van der Waals surface area contributed by atoms with E-state index in [9.17, 15) is 13.6 Å². The van der Waals surface area contributed by atoms with Crippen LogP contribution in [0, 0.1) is 0 Å². The lowest BCUT2D eigenvalue weighted by molar-refractivity contribution is 0.110. The SMILES string of the molecule is C=CC1(F)C=CC=CC1(F)C=C.O=C1OCCO1. The minimum Gasteiger partial charge on any atom is -0.431 e. The molecule has 0 bridgehead atoms. The maximum atomic E-state index is 13.6. The second-order valence-electron chi connectivity index (χ2n) is 3.61. The van der Waals surface area contributed by atoms with Gasteiger partial charge in [0.1, 0.15) is 13.2 Å². The molecule has 5 heteroatoms. The highest BCUT2D eigenvalue weighted by Gasteiger charge is 2.46. The van der Waals surface area contributed by atoms with E-state index in [0.717, 1.165) is 24.3 Å². The Labute approximate surface area is 104 Å². The quantitative estimate of drug-likeness (QED) is 0.562. The van der Waals surface area contributed by atoms with Gasteiger partial charge in [0.2, 0.25) is 0 Å². The monoisotopic (exact) mass is 256 g/mol. The first-order valence-corrected chi connectivity index (χ1v) is 5.29. The Hall–Kier alpha value is -1.91. The van der Waals surface area contributed by atoms with Crippen LogP contribution in [0.25, 0.3) is 0 Å². The van der Waals surface area contributed by atoms with Gasteiger partial charge in [-0.1, -0.05) is 25.3 Å². The van der Waals surface area contributed by atoms with Crippen LogP contribution in [0.4, 0.5) is 13.6 Å². The molecular weight excluding hydrogens is 242 g/mol. The Morgan fingerprint density at radius 3 is 1.67 bits per heavy atom. The zero-order valence-corrected chi connectivity index (χ0v) is 9.77. The average Bonchev–Trinajstić information content (AvgIpc) is 2.85. The van der Waals surface area contributed by atoms with Gasteiger partial charge < -0.3 is 9.47 Å². The van der Waals surface area contributed by atoms with E-state index >= 15 is 0 Å². The van der Waals surface area contributed by atoms with Gasteiger partial charge in [-0.05, 0) is 24.3 Å². The summed E-state index contributed by atoms with van der Waals surface area (Å²) in [6.07, 6.45) is 6.48. The van der Waals surface area contributed by atoms with Crippen molar-refractivity contribution in [1.82, 2.24) is 0 Å². The van der Waals surface area contributed by atoms with Crippen LogP contribution in [-0.4, -0.2) is 30.7 Å². The smallest absolute Gasteiger partial charge is 0.431 e. The molecule has 1 saturated heterocycles. The topological polar surface area (TPSA) is 35.5 Å². The first-order valence-electron chi connectivity index (χ1n) is 5.29. The van der Waals surface area contributed by atoms with Crippen LogP contribution in [0.1, 0.15) is 0 Å². The van der Waals surface area contributed by atoms with Crippen LogP contribution in [0.2, 0.25) is 0 Å². The molecule has 1 fully saturated rings. The maximum absolute atomic E-state index is 13.6. The summed E-state index contributed by atoms with van der Waals surface area (Å²) in [5.74, 6) is 0. The maximum Gasteiger partial charge on any atom is 0.508 e. The molecule has 0 radical (unpaired) electrons. The van der Waals surface area contributed by atoms with E-state index in [-0.39, 0.29) is 0 Å². The lowest BCUT2D eigenvalue weighted by Crippen LogP contribution is -2.42. The second-order valence-corrected chi connectivity index (χ2v) is 3.61. The van der Waals surface area contributed by atoms with Crippen molar-refractivity contribution in [2.45, 2.75) is 11.3 Å². The lowest BCUT2D eigenvalue weighted by Gasteiger charge is -2.31. The van der Waals surface area contributed by atoms with Gasteiger partial charge in [-0.25, -0.2) is 13.6 Å². The zero-order valence-electron chi connectivity index (χ0n) is 9.77. The summed E-state index contributed by atoms with van der Waals surface area (Å²) in [5, 5.41) is 0. The number of carbonyl (C=O) groups excluding carboxylic acids is 1. The molecule has 0 aromatic heterocycles. The first kappa shape index (κ1) is 14.2. The summed E-state index contributed by atoms with van der Waals surface area (Å²) in [7, 11) is 0. The van der Waals surface area contributed by atoms with Gasteiger partial charge >= 0.3 is 6.16 Å². The third-order valence-electron chi connectivity index (χ3n) is 2.49. The molecule has 2 aliphatic rings. The predicted molar refractivity (Wildman–Crippen MR) is 63.7 cm³/mol. The summed E-state index contributed by atoms with van der Waals surface area (Å²) in [4.78, 5) is 9.80. The Morgan fingerprint density at radius 1 is 1.06 bits per heavy atom. The number of allylic oxidation sites excluding steroid dienone is 6. The molecule has 0 N–H and O–H groups in total. The molecular formula is C13H14F2O3. The predicted octanol–water partition coefficient (Wildman–Crippen LogP) is 3.05. The molecule has 0 spiro atoms. The molecule has 2 unspecified atom stereocenters. The van der Waals surface area contributed by atoms with Crippen molar-refractivity contribution in [3.8, 4) is 0 Å². The standard InChI is InChI=1S/C10H10F2.C3H4O3/c1-3-9(11)7-5-6-8-10(9,12)4-2;4-3-5-1-2-6-3/h3-8H,1-2H2;1-2H2. The van der Waals surface area contributed by atoms with Gasteiger partial charge in [-0.2, -0.15) is 0 Å². The number of cyclic esters (lactones) is 2. The van der Waals surface area contributed by atoms with Crippen LogP contribution in [0.15, 0.2) is 49.6 Å². The minimum atomic E-state index is -2.16. The number of ether oxygens (including phenoxy) is 2. The summed E-state index contributed by atoms with van der Waals surface area (Å²) in [5.41, 5.74) is -4.33. The minimum absolute atomic E-state index is 0.416. The van der Waals surface area contributed by atoms with Crippen molar-refractivity contribution in [2.75, 3.05) is 13.2 Å². The molecule has 1 aliphatic heterocycles. The van der Waals surface area contributed by atoms with E-state index < -0.39 is 17.5 Å². The van der Waals surface area contributed by atoms with Crippen molar-refractivity contribution >= 4 is 6.16 Å². The molecule has 1 heterocycles. The lowest BCUT2D eigenvalue weighted by atomic mass is 9.83. The van der Waals surface area contributed by atoms with Gasteiger partial charge in [0, 0.05) is 0 Å². The van der Waals surface area contributed by atoms with Crippen molar-refractivity contribution < 1.29 is 23.0 Å². The molecule has 0 saturated carbocycles. The Balaban J connectivity index is 0.000000225. The fourth-order valence-corrected chi connectivity index (χ4v) is 1.39. The van der Waals surface area contributed by atoms with E-state index in [2.05, 4.69) is 22.6 Å². The highest BCUT2D eigenvalue weighted by Crippen LogP contribution is 2.37. The van der Waals surface area contributed by atoms with E-state index in [1.54, 1.807) is 0 Å². The van der Waals surface area contributed by atoms with Crippen molar-refractivity contribution in [3.63, 3.8) is 0 Å². The second kappa shape index (κ2) is 5.62. The average molecular weight is 256 g/mol. The molecule has 1 aliphatic carbocycles. The van der Waals surface area contributed by atoms with E-state index in [0.29, 0.717) is 13.2 Å². The molecule has 0 aromatic rings. The van der Waals surface area contributed by atoms with Gasteiger partial charge in [0.05, 0.1) is 0 Å². The summed E-state index contributed by atoms with van der Waals surface area (Å²) in [6, 6.07) is 0. The number of carbonyl (C=O) groups is 1. The Morgan fingerprint density at radius 2 is 1.44 bits per heavy atom. The van der Waals surface area contributed by atoms with Crippen LogP contribution in [0.5, 0.6) is 0 Å². The van der Waals surface area contributed by atoms with Crippen molar-refractivity contribution in [1.29, 1.82) is 0 Å². The molecule has 2 rings (SSSR count). The Kier molecular flexibility index (Phi) is 4.42. The van der Waals surface area contributed by atoms with Gasteiger partial charge in [-0.3, -0.25) is 0 Å². The fraction of sp³-hybridized carbons (Fsp3) is 0.308.